The zero-order valence-corrected chi connectivity index (χ0v) is 12.4. The fourth-order valence-corrected chi connectivity index (χ4v) is 3.34. The third kappa shape index (κ3) is 3.28. The Balaban J connectivity index is 2.25. The van der Waals surface area contributed by atoms with E-state index in [1.165, 1.54) is 12.7 Å². The first-order chi connectivity index (χ1) is 8.89. The maximum atomic E-state index is 11.5. The van der Waals surface area contributed by atoms with E-state index in [0.29, 0.717) is 10.9 Å². The molecule has 0 amide bonds. The van der Waals surface area contributed by atoms with Crippen LogP contribution < -0.4 is 10.6 Å². The molecular formula is C14H22N2O2S. The minimum atomic E-state index is -3.12. The predicted octanol–water partition coefficient (Wildman–Crippen LogP) is 1.80. The molecule has 1 aromatic carbocycles. The molecule has 1 aliphatic rings. The van der Waals surface area contributed by atoms with Gasteiger partial charge in [-0.2, -0.15) is 0 Å². The standard InChI is InChI=1S/C14H22N2O2S/c1-11(15)14-5-3-4-10-16(14)12-6-8-13(9-7-12)19(2,17)18/h6-9,11,14H,3-5,10,15H2,1-2H3. The summed E-state index contributed by atoms with van der Waals surface area (Å²) >= 11 is 0. The molecule has 0 radical (unpaired) electrons. The first-order valence-electron chi connectivity index (χ1n) is 6.72. The molecule has 1 fully saturated rings. The van der Waals surface area contributed by atoms with Gasteiger partial charge < -0.3 is 10.6 Å². The van der Waals surface area contributed by atoms with Gasteiger partial charge in [0.2, 0.25) is 0 Å². The second kappa shape index (κ2) is 5.51. The molecular weight excluding hydrogens is 260 g/mol. The molecule has 0 aromatic heterocycles. The lowest BCUT2D eigenvalue weighted by molar-refractivity contribution is 0.413. The number of hydrogen-bond donors (Lipinski definition) is 1. The number of nitrogens with two attached hydrogens (primary N) is 1. The largest absolute Gasteiger partial charge is 0.367 e. The van der Waals surface area contributed by atoms with E-state index < -0.39 is 9.84 Å². The summed E-state index contributed by atoms with van der Waals surface area (Å²) in [6.45, 7) is 3.03. The van der Waals surface area contributed by atoms with Crippen molar-refractivity contribution in [2.75, 3.05) is 17.7 Å². The van der Waals surface area contributed by atoms with Crippen LogP contribution in [0.5, 0.6) is 0 Å². The van der Waals surface area contributed by atoms with E-state index in [4.69, 9.17) is 5.73 Å². The molecule has 2 N–H and O–H groups in total. The molecule has 1 aromatic rings. The van der Waals surface area contributed by atoms with Crippen molar-refractivity contribution in [2.24, 2.45) is 5.73 Å². The molecule has 5 heteroatoms. The van der Waals surface area contributed by atoms with Gasteiger partial charge in [0.1, 0.15) is 0 Å². The van der Waals surface area contributed by atoms with Gasteiger partial charge in [0.25, 0.3) is 0 Å². The lowest BCUT2D eigenvalue weighted by Gasteiger charge is -2.39. The Labute approximate surface area is 115 Å². The van der Waals surface area contributed by atoms with Gasteiger partial charge >= 0.3 is 0 Å². The van der Waals surface area contributed by atoms with Gasteiger partial charge in [-0.1, -0.05) is 0 Å². The van der Waals surface area contributed by atoms with Crippen molar-refractivity contribution in [3.63, 3.8) is 0 Å². The maximum Gasteiger partial charge on any atom is 0.175 e. The fraction of sp³-hybridized carbons (Fsp3) is 0.571. The number of piperidine rings is 1. The zero-order valence-electron chi connectivity index (χ0n) is 11.5. The number of benzene rings is 1. The van der Waals surface area contributed by atoms with Crippen LogP contribution in [0.15, 0.2) is 29.2 Å². The lowest BCUT2D eigenvalue weighted by atomic mass is 9.96. The summed E-state index contributed by atoms with van der Waals surface area (Å²) < 4.78 is 22.9. The Bertz CT molecular complexity index is 523. The van der Waals surface area contributed by atoms with E-state index in [0.717, 1.165) is 25.1 Å². The molecule has 19 heavy (non-hydrogen) atoms. The molecule has 0 bridgehead atoms. The van der Waals surface area contributed by atoms with E-state index in [-0.39, 0.29) is 6.04 Å². The van der Waals surface area contributed by atoms with Crippen molar-refractivity contribution in [1.82, 2.24) is 0 Å². The predicted molar refractivity (Wildman–Crippen MR) is 78.2 cm³/mol. The smallest absolute Gasteiger partial charge is 0.175 e. The first-order valence-corrected chi connectivity index (χ1v) is 8.61. The van der Waals surface area contributed by atoms with Gasteiger partial charge in [-0.3, -0.25) is 0 Å². The summed E-state index contributed by atoms with van der Waals surface area (Å²) in [5.74, 6) is 0. The van der Waals surface area contributed by atoms with E-state index in [1.807, 2.05) is 19.1 Å². The van der Waals surface area contributed by atoms with E-state index in [2.05, 4.69) is 4.90 Å². The zero-order chi connectivity index (χ0) is 14.0. The highest BCUT2D eigenvalue weighted by Crippen LogP contribution is 2.27. The Morgan fingerprint density at radius 3 is 2.42 bits per heavy atom. The second-order valence-electron chi connectivity index (χ2n) is 5.38. The SMILES string of the molecule is CC(N)C1CCCCN1c1ccc(S(C)(=O)=O)cc1. The summed E-state index contributed by atoms with van der Waals surface area (Å²) in [4.78, 5) is 2.67. The maximum absolute atomic E-state index is 11.5. The Morgan fingerprint density at radius 2 is 1.89 bits per heavy atom. The van der Waals surface area contributed by atoms with Crippen molar-refractivity contribution in [3.8, 4) is 0 Å². The lowest BCUT2D eigenvalue weighted by Crippen LogP contribution is -2.49. The summed E-state index contributed by atoms with van der Waals surface area (Å²) in [5, 5.41) is 0. The van der Waals surface area contributed by atoms with E-state index in [1.54, 1.807) is 12.1 Å². The molecule has 2 rings (SSSR count). The minimum absolute atomic E-state index is 0.120. The Hall–Kier alpha value is -1.07. The van der Waals surface area contributed by atoms with Gasteiger partial charge in [-0.05, 0) is 50.5 Å². The number of sulfone groups is 1. The number of rotatable bonds is 3. The molecule has 2 unspecified atom stereocenters. The van der Waals surface area contributed by atoms with Crippen LogP contribution in [0.1, 0.15) is 26.2 Å². The third-order valence-corrected chi connectivity index (χ3v) is 4.88. The van der Waals surface area contributed by atoms with Gasteiger partial charge in [0.05, 0.1) is 4.90 Å². The summed E-state index contributed by atoms with van der Waals surface area (Å²) in [6, 6.07) is 7.59. The minimum Gasteiger partial charge on any atom is -0.367 e. The first kappa shape index (κ1) is 14.3. The molecule has 106 valence electrons. The van der Waals surface area contributed by atoms with Gasteiger partial charge in [-0.25, -0.2) is 8.42 Å². The normalized spacial score (nSPS) is 22.3. The third-order valence-electron chi connectivity index (χ3n) is 3.75. The van der Waals surface area contributed by atoms with Crippen molar-refractivity contribution in [3.05, 3.63) is 24.3 Å². The molecule has 1 heterocycles. The summed E-state index contributed by atoms with van der Waals surface area (Å²) in [5.41, 5.74) is 7.12. The molecule has 2 atom stereocenters. The van der Waals surface area contributed by atoms with Crippen LogP contribution in [-0.2, 0) is 9.84 Å². The molecule has 0 saturated carbocycles. The average molecular weight is 282 g/mol. The molecule has 1 aliphatic heterocycles. The highest BCUT2D eigenvalue weighted by Gasteiger charge is 2.25. The quantitative estimate of drug-likeness (QED) is 0.918. The van der Waals surface area contributed by atoms with Gasteiger partial charge in [0, 0.05) is 30.6 Å². The molecule has 0 aliphatic carbocycles. The molecule has 0 spiro atoms. The van der Waals surface area contributed by atoms with Crippen LogP contribution in [0.4, 0.5) is 5.69 Å². The topological polar surface area (TPSA) is 63.4 Å². The highest BCUT2D eigenvalue weighted by molar-refractivity contribution is 7.90. The average Bonchev–Trinajstić information content (AvgIpc) is 2.38. The summed E-state index contributed by atoms with van der Waals surface area (Å²) in [7, 11) is -3.12. The Morgan fingerprint density at radius 1 is 1.26 bits per heavy atom. The van der Waals surface area contributed by atoms with Crippen molar-refractivity contribution in [1.29, 1.82) is 0 Å². The van der Waals surface area contributed by atoms with Crippen molar-refractivity contribution < 1.29 is 8.42 Å². The second-order valence-corrected chi connectivity index (χ2v) is 7.40. The number of nitrogens with zero attached hydrogens (tertiary/aromatic N) is 1. The van der Waals surface area contributed by atoms with Crippen molar-refractivity contribution >= 4 is 15.5 Å². The van der Waals surface area contributed by atoms with E-state index in [9.17, 15) is 8.42 Å². The fourth-order valence-electron chi connectivity index (χ4n) is 2.71. The summed E-state index contributed by atoms with van der Waals surface area (Å²) in [6.07, 6.45) is 4.71. The van der Waals surface area contributed by atoms with Gasteiger partial charge in [0.15, 0.2) is 9.84 Å². The van der Waals surface area contributed by atoms with Crippen LogP contribution in [0.2, 0.25) is 0 Å². The van der Waals surface area contributed by atoms with Crippen LogP contribution in [0.3, 0.4) is 0 Å². The van der Waals surface area contributed by atoms with Crippen LogP contribution in [-0.4, -0.2) is 33.3 Å². The van der Waals surface area contributed by atoms with Gasteiger partial charge in [-0.15, -0.1) is 0 Å². The van der Waals surface area contributed by atoms with E-state index >= 15 is 0 Å². The van der Waals surface area contributed by atoms with Crippen LogP contribution >= 0.6 is 0 Å². The molecule has 1 saturated heterocycles. The number of anilines is 1. The molecule has 4 nitrogen and oxygen atoms in total. The Kier molecular flexibility index (Phi) is 4.16. The van der Waals surface area contributed by atoms with Crippen molar-refractivity contribution in [2.45, 2.75) is 43.2 Å². The highest BCUT2D eigenvalue weighted by atomic mass is 32.2. The van der Waals surface area contributed by atoms with Crippen LogP contribution in [0.25, 0.3) is 0 Å². The van der Waals surface area contributed by atoms with Crippen LogP contribution in [0, 0.1) is 0 Å². The monoisotopic (exact) mass is 282 g/mol. The number of hydrogen-bond acceptors (Lipinski definition) is 4.